The van der Waals surface area contributed by atoms with Crippen molar-refractivity contribution in [1.29, 1.82) is 0 Å². The van der Waals surface area contributed by atoms with Crippen LogP contribution < -0.4 is 22.9 Å². The van der Waals surface area contributed by atoms with Crippen LogP contribution in [0.15, 0.2) is 137 Å². The zero-order valence-corrected chi connectivity index (χ0v) is 32.8. The minimum absolute atomic E-state index is 0.0323. The highest BCUT2D eigenvalue weighted by Gasteiger charge is 2.52. The van der Waals surface area contributed by atoms with Crippen LogP contribution in [-0.4, -0.2) is 49.0 Å². The molecule has 0 radical (unpaired) electrons. The highest BCUT2D eigenvalue weighted by atomic mass is 32.2. The SMILES string of the molecule is NC(=O)C1(S(=O)(=O)c2ccccc2-c2ccc(-c3cnc(N)cn3)c(F)c2)CCCC1.Nc1cnc(Sc2ccccc2-c2ccc(-c3cnc(N)nc3)c(F)c2)cn1. The van der Waals surface area contributed by atoms with Crippen molar-refractivity contribution in [3.8, 4) is 44.6 Å². The Morgan fingerprint density at radius 2 is 1.19 bits per heavy atom. The first-order chi connectivity index (χ1) is 28.4. The van der Waals surface area contributed by atoms with Gasteiger partial charge in [-0.25, -0.2) is 42.1 Å². The van der Waals surface area contributed by atoms with Gasteiger partial charge in [-0.2, -0.15) is 0 Å². The number of anilines is 3. The van der Waals surface area contributed by atoms with Gasteiger partial charge in [-0.05, 0) is 59.9 Å². The molecule has 0 bridgehead atoms. The molecule has 0 aliphatic heterocycles. The topological polar surface area (TPSA) is 233 Å². The summed E-state index contributed by atoms with van der Waals surface area (Å²) in [7, 11) is -4.09. The molecule has 0 unspecified atom stereocenters. The number of sulfone groups is 1. The van der Waals surface area contributed by atoms with Gasteiger partial charge in [0, 0.05) is 39.5 Å². The lowest BCUT2D eigenvalue weighted by Crippen LogP contribution is -2.48. The summed E-state index contributed by atoms with van der Waals surface area (Å²) in [6, 6.07) is 23.4. The molecule has 1 saturated carbocycles. The lowest BCUT2D eigenvalue weighted by molar-refractivity contribution is -0.120. The summed E-state index contributed by atoms with van der Waals surface area (Å²) in [5.74, 6) is -1.06. The van der Waals surface area contributed by atoms with Gasteiger partial charge in [0.2, 0.25) is 11.9 Å². The highest BCUT2D eigenvalue weighted by molar-refractivity contribution is 7.99. The molecule has 7 aromatic rings. The molecule has 1 aliphatic carbocycles. The van der Waals surface area contributed by atoms with E-state index in [-0.39, 0.29) is 40.9 Å². The zero-order chi connectivity index (χ0) is 41.7. The van der Waals surface area contributed by atoms with Gasteiger partial charge in [-0.3, -0.25) is 9.78 Å². The van der Waals surface area contributed by atoms with E-state index in [0.717, 1.165) is 16.0 Å². The average Bonchev–Trinajstić information content (AvgIpc) is 3.76. The summed E-state index contributed by atoms with van der Waals surface area (Å²) in [6.07, 6.45) is 10.4. The number of nitrogens with two attached hydrogens (primary N) is 4. The highest BCUT2D eigenvalue weighted by Crippen LogP contribution is 2.43. The number of rotatable bonds is 9. The number of halogens is 2. The first-order valence-corrected chi connectivity index (χ1v) is 20.4. The number of carbonyl (C=O) groups is 1. The maximum atomic E-state index is 14.9. The van der Waals surface area contributed by atoms with Gasteiger partial charge >= 0.3 is 0 Å². The molecule has 13 nitrogen and oxygen atoms in total. The maximum Gasteiger partial charge on any atom is 0.239 e. The number of nitrogens with zero attached hydrogens (tertiary/aromatic N) is 6. The third-order valence-electron chi connectivity index (χ3n) is 9.79. The molecule has 3 aromatic heterocycles. The molecule has 1 fully saturated rings. The van der Waals surface area contributed by atoms with E-state index in [0.29, 0.717) is 51.6 Å². The van der Waals surface area contributed by atoms with Gasteiger partial charge in [-0.1, -0.05) is 79.2 Å². The summed E-state index contributed by atoms with van der Waals surface area (Å²) in [5, 5.41) is 0.706. The van der Waals surface area contributed by atoms with Crippen LogP contribution in [0.5, 0.6) is 0 Å². The fourth-order valence-corrected chi connectivity index (χ4v) is 9.91. The van der Waals surface area contributed by atoms with E-state index >= 15 is 0 Å². The molecule has 1 aliphatic rings. The normalized spacial score (nSPS) is 13.3. The number of carbonyl (C=O) groups excluding carboxylic acids is 1. The average molecular weight is 831 g/mol. The van der Waals surface area contributed by atoms with E-state index in [1.165, 1.54) is 67.0 Å². The minimum atomic E-state index is -4.09. The lowest BCUT2D eigenvalue weighted by Gasteiger charge is -2.26. The van der Waals surface area contributed by atoms with E-state index in [1.54, 1.807) is 36.5 Å². The molecule has 8 N–H and O–H groups in total. The van der Waals surface area contributed by atoms with E-state index in [2.05, 4.69) is 29.9 Å². The van der Waals surface area contributed by atoms with Crippen molar-refractivity contribution in [2.75, 3.05) is 17.2 Å². The molecule has 0 saturated heterocycles. The van der Waals surface area contributed by atoms with E-state index < -0.39 is 26.3 Å². The number of benzene rings is 4. The Balaban J connectivity index is 0.000000180. The van der Waals surface area contributed by atoms with Crippen LogP contribution in [0.25, 0.3) is 44.6 Å². The Kier molecular flexibility index (Phi) is 11.6. The Morgan fingerprint density at radius 3 is 1.78 bits per heavy atom. The second kappa shape index (κ2) is 16.9. The molecular weight excluding hydrogens is 795 g/mol. The van der Waals surface area contributed by atoms with Crippen LogP contribution >= 0.6 is 11.8 Å². The van der Waals surface area contributed by atoms with Crippen molar-refractivity contribution in [1.82, 2.24) is 29.9 Å². The fraction of sp³-hybridized carbons (Fsp3) is 0.119. The predicted octanol–water partition coefficient (Wildman–Crippen LogP) is 7.16. The van der Waals surface area contributed by atoms with E-state index in [1.807, 2.05) is 30.3 Å². The molecule has 298 valence electrons. The zero-order valence-electron chi connectivity index (χ0n) is 31.2. The van der Waals surface area contributed by atoms with Crippen LogP contribution in [0.3, 0.4) is 0 Å². The smallest absolute Gasteiger partial charge is 0.239 e. The minimum Gasteiger partial charge on any atom is -0.382 e. The summed E-state index contributed by atoms with van der Waals surface area (Å²) in [6.45, 7) is 0. The van der Waals surface area contributed by atoms with Crippen molar-refractivity contribution in [3.05, 3.63) is 134 Å². The summed E-state index contributed by atoms with van der Waals surface area (Å²) in [4.78, 5) is 37.3. The van der Waals surface area contributed by atoms with Crippen molar-refractivity contribution < 1.29 is 22.0 Å². The first kappa shape index (κ1) is 40.4. The number of hydrogen-bond acceptors (Lipinski definition) is 13. The molecule has 17 heteroatoms. The lowest BCUT2D eigenvalue weighted by atomic mass is 10.0. The quantitative estimate of drug-likeness (QED) is 0.113. The molecule has 4 aromatic carbocycles. The van der Waals surface area contributed by atoms with Crippen LogP contribution in [0.1, 0.15) is 25.7 Å². The van der Waals surface area contributed by atoms with Crippen LogP contribution in [0.2, 0.25) is 0 Å². The van der Waals surface area contributed by atoms with Crippen molar-refractivity contribution >= 4 is 45.1 Å². The first-order valence-electron chi connectivity index (χ1n) is 18.1. The monoisotopic (exact) mass is 830 g/mol. The fourth-order valence-electron chi connectivity index (χ4n) is 6.79. The van der Waals surface area contributed by atoms with Crippen molar-refractivity contribution in [2.45, 2.75) is 45.2 Å². The molecule has 8 rings (SSSR count). The Morgan fingerprint density at radius 1 is 0.610 bits per heavy atom. The van der Waals surface area contributed by atoms with E-state index in [4.69, 9.17) is 22.9 Å². The summed E-state index contributed by atoms with van der Waals surface area (Å²) < 4.78 is 55.2. The van der Waals surface area contributed by atoms with Gasteiger partial charge in [0.1, 0.15) is 28.3 Å². The van der Waals surface area contributed by atoms with Crippen LogP contribution in [0, 0.1) is 11.6 Å². The second-order valence-electron chi connectivity index (χ2n) is 13.5. The Labute approximate surface area is 342 Å². The van der Waals surface area contributed by atoms with Crippen LogP contribution in [0.4, 0.5) is 26.4 Å². The largest absolute Gasteiger partial charge is 0.382 e. The van der Waals surface area contributed by atoms with Crippen LogP contribution in [-0.2, 0) is 14.6 Å². The maximum absolute atomic E-state index is 14.9. The van der Waals surface area contributed by atoms with Crippen molar-refractivity contribution in [2.24, 2.45) is 5.73 Å². The molecule has 1 amide bonds. The molecule has 0 spiro atoms. The summed E-state index contributed by atoms with van der Waals surface area (Å²) >= 11 is 1.44. The van der Waals surface area contributed by atoms with E-state index in [9.17, 15) is 22.0 Å². The van der Waals surface area contributed by atoms with Gasteiger partial charge < -0.3 is 22.9 Å². The van der Waals surface area contributed by atoms with Gasteiger partial charge in [0.05, 0.1) is 35.4 Å². The molecule has 0 atom stereocenters. The standard InChI is InChI=1S/C22H21FN4O3S.C20H15FN6S/c23-17-11-14(7-8-16(17)18-12-27-20(24)13-26-18)15-5-1-2-6-19(15)31(29,30)22(21(25)28)9-3-4-10-22;21-16-7-12(5-6-14(16)13-8-26-20(23)27-9-13)15-3-1-2-4-17(15)28-19-11-24-18(22)10-25-19/h1-2,5-8,11-13H,3-4,9-10H2,(H2,24,27)(H2,25,28);1-11H,(H2,22,24)(H2,23,26,27). The predicted molar refractivity (Wildman–Crippen MR) is 223 cm³/mol. The Bertz CT molecular complexity index is 2750. The van der Waals surface area contributed by atoms with Crippen molar-refractivity contribution in [3.63, 3.8) is 0 Å². The third-order valence-corrected chi connectivity index (χ3v) is 13.4. The third kappa shape index (κ3) is 8.42. The molecule has 3 heterocycles. The number of primary amides is 1. The number of nitrogen functional groups attached to an aromatic ring is 3. The molecule has 59 heavy (non-hydrogen) atoms. The molecular formula is C42H36F2N10O3S2. The number of hydrogen-bond donors (Lipinski definition) is 4. The van der Waals surface area contributed by atoms with Gasteiger partial charge in [0.15, 0.2) is 14.6 Å². The number of aromatic nitrogens is 6. The second-order valence-corrected chi connectivity index (χ2v) is 16.8. The number of amides is 1. The van der Waals surface area contributed by atoms with Gasteiger partial charge in [-0.15, -0.1) is 0 Å². The summed E-state index contributed by atoms with van der Waals surface area (Å²) in [5.41, 5.74) is 26.0. The Hall–Kier alpha value is -6.85. The van der Waals surface area contributed by atoms with Gasteiger partial charge in [0.25, 0.3) is 0 Å².